The lowest BCUT2D eigenvalue weighted by atomic mass is 10.1. The molecule has 0 aliphatic rings. The van der Waals surface area contributed by atoms with E-state index in [1.807, 2.05) is 0 Å². The zero-order chi connectivity index (χ0) is 16.8. The van der Waals surface area contributed by atoms with E-state index < -0.39 is 0 Å². The molecule has 0 amide bonds. The number of rotatable bonds is 9. The summed E-state index contributed by atoms with van der Waals surface area (Å²) in [6.45, 7) is 2.24. The van der Waals surface area contributed by atoms with Crippen molar-refractivity contribution in [2.24, 2.45) is 14.1 Å². The highest BCUT2D eigenvalue weighted by Gasteiger charge is 2.11. The number of nitrogens with one attached hydrogen (secondary N) is 1. The van der Waals surface area contributed by atoms with Crippen molar-refractivity contribution in [2.45, 2.75) is 57.0 Å². The molecule has 0 saturated carbocycles. The van der Waals surface area contributed by atoms with Crippen LogP contribution in [-0.2, 0) is 14.1 Å². The Hall–Kier alpha value is -1.08. The van der Waals surface area contributed by atoms with Crippen LogP contribution in [0.1, 0.15) is 51.9 Å². The Morgan fingerprint density at radius 2 is 1.74 bits per heavy atom. The van der Waals surface area contributed by atoms with Crippen LogP contribution in [0, 0.1) is 4.64 Å². The Labute approximate surface area is 146 Å². The molecule has 0 aromatic carbocycles. The molecule has 0 aliphatic heterocycles. The third-order valence-corrected chi connectivity index (χ3v) is 5.50. The number of hydrogen-bond acceptors (Lipinski definition) is 4. The zero-order valence-corrected chi connectivity index (χ0v) is 15.9. The normalized spacial score (nSPS) is 11.4. The number of fused-ring (bicyclic) bond motifs is 1. The average molecular weight is 355 g/mol. The third kappa shape index (κ3) is 4.47. The molecule has 5 nitrogen and oxygen atoms in total. The van der Waals surface area contributed by atoms with E-state index in [1.54, 1.807) is 30.4 Å². The molecular formula is C16H26N4OS2. The largest absolute Gasteiger partial charge is 0.330 e. The van der Waals surface area contributed by atoms with Crippen molar-refractivity contribution < 1.29 is 0 Å². The standard InChI is InChI=1S/C16H26N4OS2/c1-4-5-6-7-8-9-10-11-23-15-17-12-13(18-15)19(2)16(21)20(3)14(12)22/h4-11H2,1-3H3,(H,17,18). The molecule has 0 fully saturated rings. The van der Waals surface area contributed by atoms with Crippen LogP contribution < -0.4 is 5.69 Å². The quantitative estimate of drug-likeness (QED) is 0.417. The van der Waals surface area contributed by atoms with Gasteiger partial charge in [-0.2, -0.15) is 0 Å². The van der Waals surface area contributed by atoms with Gasteiger partial charge in [0, 0.05) is 19.8 Å². The Morgan fingerprint density at radius 3 is 2.43 bits per heavy atom. The predicted octanol–water partition coefficient (Wildman–Crippen LogP) is 4.17. The van der Waals surface area contributed by atoms with Crippen molar-refractivity contribution in [3.05, 3.63) is 15.1 Å². The summed E-state index contributed by atoms with van der Waals surface area (Å²) in [4.78, 5) is 19.8. The van der Waals surface area contributed by atoms with E-state index in [4.69, 9.17) is 12.2 Å². The summed E-state index contributed by atoms with van der Waals surface area (Å²) in [5, 5.41) is 0.846. The summed E-state index contributed by atoms with van der Waals surface area (Å²) >= 11 is 7.04. The van der Waals surface area contributed by atoms with Crippen LogP contribution in [0.3, 0.4) is 0 Å². The Morgan fingerprint density at radius 1 is 1.09 bits per heavy atom. The smallest absolute Gasteiger partial charge is 0.329 e. The number of H-pyrrole nitrogens is 1. The summed E-state index contributed by atoms with van der Waals surface area (Å²) in [6.07, 6.45) is 9.15. The van der Waals surface area contributed by atoms with Gasteiger partial charge < -0.3 is 4.98 Å². The van der Waals surface area contributed by atoms with Crippen molar-refractivity contribution in [1.82, 2.24) is 19.1 Å². The molecule has 2 rings (SSSR count). The molecule has 0 unspecified atom stereocenters. The molecule has 0 atom stereocenters. The maximum absolute atomic E-state index is 12.0. The van der Waals surface area contributed by atoms with Gasteiger partial charge in [0.2, 0.25) is 0 Å². The van der Waals surface area contributed by atoms with E-state index in [9.17, 15) is 4.79 Å². The van der Waals surface area contributed by atoms with Gasteiger partial charge in [-0.25, -0.2) is 9.78 Å². The molecule has 0 bridgehead atoms. The highest BCUT2D eigenvalue weighted by atomic mass is 32.2. The summed E-state index contributed by atoms with van der Waals surface area (Å²) in [7, 11) is 3.42. The van der Waals surface area contributed by atoms with Gasteiger partial charge in [0.25, 0.3) is 0 Å². The number of thioether (sulfide) groups is 1. The molecule has 2 heterocycles. The molecule has 0 radical (unpaired) electrons. The van der Waals surface area contributed by atoms with Gasteiger partial charge in [-0.05, 0) is 6.42 Å². The maximum atomic E-state index is 12.0. The first-order valence-electron chi connectivity index (χ1n) is 8.34. The van der Waals surface area contributed by atoms with Crippen LogP contribution in [-0.4, -0.2) is 24.9 Å². The van der Waals surface area contributed by atoms with E-state index in [-0.39, 0.29) is 5.69 Å². The number of aromatic nitrogens is 4. The van der Waals surface area contributed by atoms with Crippen molar-refractivity contribution in [1.29, 1.82) is 0 Å². The molecule has 7 heteroatoms. The summed E-state index contributed by atoms with van der Waals surface area (Å²) in [5.41, 5.74) is 1.27. The summed E-state index contributed by atoms with van der Waals surface area (Å²) in [5.74, 6) is 1.04. The van der Waals surface area contributed by atoms with Gasteiger partial charge in [-0.1, -0.05) is 69.4 Å². The summed E-state index contributed by atoms with van der Waals surface area (Å²) in [6, 6.07) is 0. The maximum Gasteiger partial charge on any atom is 0.330 e. The molecular weight excluding hydrogens is 328 g/mol. The van der Waals surface area contributed by atoms with Crippen LogP contribution in [0.25, 0.3) is 11.2 Å². The van der Waals surface area contributed by atoms with Gasteiger partial charge in [0.15, 0.2) is 10.8 Å². The molecule has 128 valence electrons. The van der Waals surface area contributed by atoms with E-state index in [2.05, 4.69) is 16.9 Å². The fourth-order valence-electron chi connectivity index (χ4n) is 2.60. The van der Waals surface area contributed by atoms with Gasteiger partial charge >= 0.3 is 5.69 Å². The van der Waals surface area contributed by atoms with Gasteiger partial charge in [-0.3, -0.25) is 9.13 Å². The number of aromatic amines is 1. The van der Waals surface area contributed by atoms with E-state index in [0.717, 1.165) is 16.4 Å². The molecule has 2 aromatic rings. The Kier molecular flexibility index (Phi) is 6.89. The van der Waals surface area contributed by atoms with Crippen LogP contribution in [0.4, 0.5) is 0 Å². The number of unbranched alkanes of at least 4 members (excludes halogenated alkanes) is 6. The minimum atomic E-state index is -0.141. The second-order valence-corrected chi connectivity index (χ2v) is 7.39. The molecule has 0 aliphatic carbocycles. The lowest BCUT2D eigenvalue weighted by Crippen LogP contribution is -2.27. The highest BCUT2D eigenvalue weighted by Crippen LogP contribution is 2.20. The first-order valence-corrected chi connectivity index (χ1v) is 9.74. The number of imidazole rings is 1. The second-order valence-electron chi connectivity index (χ2n) is 5.92. The molecule has 0 spiro atoms. The summed E-state index contributed by atoms with van der Waals surface area (Å²) < 4.78 is 3.53. The fraction of sp³-hybridized carbons (Fsp3) is 0.688. The van der Waals surface area contributed by atoms with Crippen LogP contribution in [0.2, 0.25) is 0 Å². The molecule has 0 saturated heterocycles. The molecule has 1 N–H and O–H groups in total. The van der Waals surface area contributed by atoms with Gasteiger partial charge in [0.1, 0.15) is 10.2 Å². The van der Waals surface area contributed by atoms with E-state index in [1.165, 1.54) is 49.5 Å². The Balaban J connectivity index is 1.90. The fourth-order valence-corrected chi connectivity index (χ4v) is 3.69. The van der Waals surface area contributed by atoms with Crippen LogP contribution >= 0.6 is 24.0 Å². The van der Waals surface area contributed by atoms with Crippen LogP contribution in [0.15, 0.2) is 9.95 Å². The predicted molar refractivity (Wildman–Crippen MR) is 99.9 cm³/mol. The topological polar surface area (TPSA) is 55.6 Å². The number of hydrogen-bond donors (Lipinski definition) is 1. The van der Waals surface area contributed by atoms with E-state index in [0.29, 0.717) is 10.3 Å². The molecule has 23 heavy (non-hydrogen) atoms. The van der Waals surface area contributed by atoms with Crippen molar-refractivity contribution in [3.8, 4) is 0 Å². The van der Waals surface area contributed by atoms with Crippen LogP contribution in [0.5, 0.6) is 0 Å². The SMILES string of the molecule is CCCCCCCCCSc1nc2c([nH]1)c(=S)n(C)c(=O)n2C. The highest BCUT2D eigenvalue weighted by molar-refractivity contribution is 7.99. The van der Waals surface area contributed by atoms with Crippen molar-refractivity contribution in [2.75, 3.05) is 5.75 Å². The number of nitrogens with zero attached hydrogens (tertiary/aromatic N) is 3. The first kappa shape index (κ1) is 18.3. The zero-order valence-electron chi connectivity index (χ0n) is 14.2. The monoisotopic (exact) mass is 354 g/mol. The van der Waals surface area contributed by atoms with Crippen molar-refractivity contribution in [3.63, 3.8) is 0 Å². The van der Waals surface area contributed by atoms with Gasteiger partial charge in [-0.15, -0.1) is 0 Å². The minimum Gasteiger partial charge on any atom is -0.329 e. The Bertz CT molecular complexity index is 760. The third-order valence-electron chi connectivity index (χ3n) is 4.06. The average Bonchev–Trinajstić information content (AvgIpc) is 2.98. The van der Waals surface area contributed by atoms with Gasteiger partial charge in [0.05, 0.1) is 0 Å². The van der Waals surface area contributed by atoms with E-state index >= 15 is 0 Å². The molecule has 2 aromatic heterocycles. The second kappa shape index (κ2) is 8.68. The van der Waals surface area contributed by atoms with Crippen molar-refractivity contribution >= 4 is 35.1 Å². The lowest BCUT2D eigenvalue weighted by Gasteiger charge is -2.02. The lowest BCUT2D eigenvalue weighted by molar-refractivity contribution is 0.603. The first-order chi connectivity index (χ1) is 11.1. The number of aryl methyl sites for hydroxylation is 1. The minimum absolute atomic E-state index is 0.141.